The predicted octanol–water partition coefficient (Wildman–Crippen LogP) is 7.89. The molecule has 2 aromatic heterocycles. The molecule has 6 nitrogen and oxygen atoms in total. The fourth-order valence-electron chi connectivity index (χ4n) is 4.73. The number of nitrogens with one attached hydrogen (secondary N) is 1. The number of aromatic nitrogens is 2. The minimum atomic E-state index is -0.742. The molecule has 2 N–H and O–H groups in total. The smallest absolute Gasteiger partial charge is 0.314 e. The lowest BCUT2D eigenvalue weighted by Gasteiger charge is -2.11. The molecule has 1 saturated carbocycles. The standard InChI is InChI=1S/C31H24ClN3O3/c1-19-28(34-24-14-17-33-27(18-24)25-4-2-3-5-26(25)32)29(38-35-19)22-8-6-20(7-9-22)21-10-12-23(13-11-21)31(15-16-31)30(36)37/h2-14,17-18H,15-16H2,1H3,(H,33,34)(H,36,37). The van der Waals surface area contributed by atoms with Gasteiger partial charge in [0.25, 0.3) is 0 Å². The molecule has 0 amide bonds. The Morgan fingerprint density at radius 3 is 2.26 bits per heavy atom. The van der Waals surface area contributed by atoms with E-state index in [-0.39, 0.29) is 0 Å². The zero-order chi connectivity index (χ0) is 26.3. The van der Waals surface area contributed by atoms with Crippen molar-refractivity contribution in [2.24, 2.45) is 0 Å². The molecule has 1 fully saturated rings. The Morgan fingerprint density at radius 1 is 0.947 bits per heavy atom. The third-order valence-electron chi connectivity index (χ3n) is 7.12. The summed E-state index contributed by atoms with van der Waals surface area (Å²) in [5, 5.41) is 17.8. The van der Waals surface area contributed by atoms with Gasteiger partial charge in [0.05, 0.1) is 11.1 Å². The van der Waals surface area contributed by atoms with Crippen LogP contribution in [0.15, 0.2) is 95.6 Å². The lowest BCUT2D eigenvalue weighted by molar-refractivity contribution is -0.140. The molecular weight excluding hydrogens is 498 g/mol. The van der Waals surface area contributed by atoms with Gasteiger partial charge in [-0.1, -0.05) is 83.5 Å². The van der Waals surface area contributed by atoms with Gasteiger partial charge in [0.15, 0.2) is 5.76 Å². The molecule has 38 heavy (non-hydrogen) atoms. The van der Waals surface area contributed by atoms with Gasteiger partial charge in [0.1, 0.15) is 11.4 Å². The summed E-state index contributed by atoms with van der Waals surface area (Å²) in [5.41, 5.74) is 7.10. The van der Waals surface area contributed by atoms with E-state index in [0.29, 0.717) is 23.6 Å². The predicted molar refractivity (Wildman–Crippen MR) is 149 cm³/mol. The summed E-state index contributed by atoms with van der Waals surface area (Å²) in [4.78, 5) is 16.1. The highest BCUT2D eigenvalue weighted by molar-refractivity contribution is 6.33. The zero-order valence-electron chi connectivity index (χ0n) is 20.6. The van der Waals surface area contributed by atoms with E-state index >= 15 is 0 Å². The molecule has 2 heterocycles. The Morgan fingerprint density at radius 2 is 1.61 bits per heavy atom. The molecule has 1 aliphatic rings. The van der Waals surface area contributed by atoms with Crippen molar-refractivity contribution in [2.45, 2.75) is 25.2 Å². The maximum Gasteiger partial charge on any atom is 0.314 e. The van der Waals surface area contributed by atoms with Crippen molar-refractivity contribution < 1.29 is 14.4 Å². The number of benzene rings is 3. The lowest BCUT2D eigenvalue weighted by atomic mass is 9.93. The van der Waals surface area contributed by atoms with E-state index in [2.05, 4.69) is 15.5 Å². The number of aryl methyl sites for hydroxylation is 1. The van der Waals surface area contributed by atoms with Gasteiger partial charge in [-0.05, 0) is 54.7 Å². The highest BCUT2D eigenvalue weighted by atomic mass is 35.5. The molecule has 0 saturated heterocycles. The first-order valence-corrected chi connectivity index (χ1v) is 12.7. The Kier molecular flexibility index (Phi) is 5.97. The van der Waals surface area contributed by atoms with E-state index in [4.69, 9.17) is 16.1 Å². The monoisotopic (exact) mass is 521 g/mol. The average Bonchev–Trinajstić information content (AvgIpc) is 3.69. The number of halogens is 1. The fourth-order valence-corrected chi connectivity index (χ4v) is 4.96. The van der Waals surface area contributed by atoms with Crippen molar-refractivity contribution in [2.75, 3.05) is 5.32 Å². The molecular formula is C31H24ClN3O3. The van der Waals surface area contributed by atoms with Crippen molar-refractivity contribution in [3.8, 4) is 33.7 Å². The first-order valence-electron chi connectivity index (χ1n) is 12.3. The molecule has 7 heteroatoms. The van der Waals surface area contributed by atoms with Gasteiger partial charge in [0, 0.05) is 28.0 Å². The van der Waals surface area contributed by atoms with Gasteiger partial charge in [-0.25, -0.2) is 0 Å². The zero-order valence-corrected chi connectivity index (χ0v) is 21.4. The molecule has 0 radical (unpaired) electrons. The highest BCUT2D eigenvalue weighted by Crippen LogP contribution is 2.48. The topological polar surface area (TPSA) is 88.2 Å². The first-order chi connectivity index (χ1) is 18.4. The maximum atomic E-state index is 11.6. The number of carboxylic acids is 1. The highest BCUT2D eigenvalue weighted by Gasteiger charge is 2.51. The number of aliphatic carboxylic acids is 1. The SMILES string of the molecule is Cc1noc(-c2ccc(-c3ccc(C4(C(=O)O)CC4)cc3)cc2)c1Nc1ccnc(-c2ccccc2Cl)c1. The minimum Gasteiger partial charge on any atom is -0.481 e. The van der Waals surface area contributed by atoms with Gasteiger partial charge >= 0.3 is 5.97 Å². The molecule has 5 aromatic rings. The summed E-state index contributed by atoms with van der Waals surface area (Å²) in [5.74, 6) is -0.106. The van der Waals surface area contributed by atoms with Crippen LogP contribution in [0.3, 0.4) is 0 Å². The third kappa shape index (κ3) is 4.33. The summed E-state index contributed by atoms with van der Waals surface area (Å²) in [6.07, 6.45) is 3.14. The van der Waals surface area contributed by atoms with Gasteiger partial charge in [-0.2, -0.15) is 0 Å². The van der Waals surface area contributed by atoms with Crippen LogP contribution in [0.25, 0.3) is 33.7 Å². The van der Waals surface area contributed by atoms with E-state index in [9.17, 15) is 9.90 Å². The second-order valence-corrected chi connectivity index (χ2v) is 9.96. The number of pyridine rings is 1. The van der Waals surface area contributed by atoms with Crippen molar-refractivity contribution in [1.29, 1.82) is 0 Å². The van der Waals surface area contributed by atoms with Crippen LogP contribution in [0, 0.1) is 6.92 Å². The molecule has 3 aromatic carbocycles. The number of rotatable bonds is 7. The normalized spacial score (nSPS) is 13.7. The van der Waals surface area contributed by atoms with Gasteiger partial charge in [-0.15, -0.1) is 0 Å². The van der Waals surface area contributed by atoms with Crippen LogP contribution < -0.4 is 5.32 Å². The molecule has 0 unspecified atom stereocenters. The summed E-state index contributed by atoms with van der Waals surface area (Å²) < 4.78 is 5.71. The molecule has 0 atom stereocenters. The van der Waals surface area contributed by atoms with Crippen LogP contribution in [0.5, 0.6) is 0 Å². The second-order valence-electron chi connectivity index (χ2n) is 9.55. The van der Waals surface area contributed by atoms with Crippen LogP contribution >= 0.6 is 11.6 Å². The van der Waals surface area contributed by atoms with E-state index in [0.717, 1.165) is 50.6 Å². The van der Waals surface area contributed by atoms with Crippen LogP contribution in [0.2, 0.25) is 5.02 Å². The minimum absolute atomic E-state index is 0.637. The third-order valence-corrected chi connectivity index (χ3v) is 7.45. The number of hydrogen-bond acceptors (Lipinski definition) is 5. The first kappa shape index (κ1) is 23.9. The number of hydrogen-bond donors (Lipinski definition) is 2. The molecule has 0 bridgehead atoms. The van der Waals surface area contributed by atoms with E-state index in [1.165, 1.54) is 0 Å². The van der Waals surface area contributed by atoms with Crippen LogP contribution in [0.4, 0.5) is 11.4 Å². The number of anilines is 2. The summed E-state index contributed by atoms with van der Waals surface area (Å²) in [7, 11) is 0. The van der Waals surface area contributed by atoms with Crippen molar-refractivity contribution in [1.82, 2.24) is 10.1 Å². The van der Waals surface area contributed by atoms with Gasteiger partial charge in [0.2, 0.25) is 0 Å². The quantitative estimate of drug-likeness (QED) is 0.226. The van der Waals surface area contributed by atoms with Crippen LogP contribution in [-0.2, 0) is 10.2 Å². The Bertz CT molecular complexity index is 1640. The molecule has 0 aliphatic heterocycles. The van der Waals surface area contributed by atoms with Crippen LogP contribution in [0.1, 0.15) is 24.1 Å². The maximum absolute atomic E-state index is 11.6. The molecule has 0 spiro atoms. The van der Waals surface area contributed by atoms with E-state index in [1.807, 2.05) is 91.9 Å². The molecule has 6 rings (SSSR count). The van der Waals surface area contributed by atoms with Crippen molar-refractivity contribution in [3.63, 3.8) is 0 Å². The summed E-state index contributed by atoms with van der Waals surface area (Å²) >= 11 is 6.38. The van der Waals surface area contributed by atoms with E-state index in [1.54, 1.807) is 6.20 Å². The number of nitrogens with zero attached hydrogens (tertiary/aromatic N) is 2. The number of carboxylic acid groups (broad SMARTS) is 1. The fraction of sp³-hybridized carbons (Fsp3) is 0.129. The second kappa shape index (κ2) is 9.47. The Hall–Kier alpha value is -4.42. The molecule has 188 valence electrons. The summed E-state index contributed by atoms with van der Waals surface area (Å²) in [6, 6.07) is 27.3. The largest absolute Gasteiger partial charge is 0.481 e. The number of carbonyl (C=O) groups is 1. The summed E-state index contributed by atoms with van der Waals surface area (Å²) in [6.45, 7) is 1.89. The van der Waals surface area contributed by atoms with Gasteiger partial charge < -0.3 is 14.9 Å². The van der Waals surface area contributed by atoms with Crippen LogP contribution in [-0.4, -0.2) is 21.2 Å². The van der Waals surface area contributed by atoms with E-state index < -0.39 is 11.4 Å². The average molecular weight is 522 g/mol. The van der Waals surface area contributed by atoms with Crippen molar-refractivity contribution >= 4 is 28.9 Å². The van der Waals surface area contributed by atoms with Crippen molar-refractivity contribution in [3.05, 3.63) is 107 Å². The Balaban J connectivity index is 1.25. The molecule has 1 aliphatic carbocycles. The lowest BCUT2D eigenvalue weighted by Crippen LogP contribution is -2.19. The van der Waals surface area contributed by atoms with Gasteiger partial charge in [-0.3, -0.25) is 9.78 Å². The Labute approximate surface area is 224 Å².